The molecule has 8 heteroatoms. The Kier molecular flexibility index (Phi) is 4.49. The summed E-state index contributed by atoms with van der Waals surface area (Å²) in [6.45, 7) is 4.08. The van der Waals surface area contributed by atoms with Crippen molar-refractivity contribution in [3.05, 3.63) is 69.6 Å². The van der Waals surface area contributed by atoms with Gasteiger partial charge in [0.05, 0.1) is 16.7 Å². The van der Waals surface area contributed by atoms with Crippen LogP contribution >= 0.6 is 11.8 Å². The van der Waals surface area contributed by atoms with Crippen LogP contribution in [0.1, 0.15) is 16.8 Å². The lowest BCUT2D eigenvalue weighted by Gasteiger charge is -2.08. The maximum absolute atomic E-state index is 12.6. The van der Waals surface area contributed by atoms with E-state index in [9.17, 15) is 4.79 Å². The standard InChI is InChI=1S/C19H18N6OS/c1-12-8-13(2)10-14(9-12)25-19(21-22-23-25)27-11-16-18(26)24(3)17-7-5-4-6-15(17)20-16/h4-10H,11H2,1-3H3. The van der Waals surface area contributed by atoms with Crippen LogP contribution < -0.4 is 5.56 Å². The van der Waals surface area contributed by atoms with Gasteiger partial charge in [-0.1, -0.05) is 30.0 Å². The molecule has 0 aliphatic carbocycles. The fourth-order valence-electron chi connectivity index (χ4n) is 3.07. The maximum Gasteiger partial charge on any atom is 0.273 e. The average Bonchev–Trinajstić information content (AvgIpc) is 3.11. The third-order valence-electron chi connectivity index (χ3n) is 4.28. The van der Waals surface area contributed by atoms with Gasteiger partial charge in [-0.2, -0.15) is 4.68 Å². The minimum Gasteiger partial charge on any atom is -0.308 e. The van der Waals surface area contributed by atoms with Crippen LogP contribution in [0.3, 0.4) is 0 Å². The van der Waals surface area contributed by atoms with Gasteiger partial charge >= 0.3 is 0 Å². The first kappa shape index (κ1) is 17.4. The molecule has 0 aliphatic rings. The van der Waals surface area contributed by atoms with E-state index in [4.69, 9.17) is 0 Å². The van der Waals surface area contributed by atoms with E-state index in [1.807, 2.05) is 50.2 Å². The maximum atomic E-state index is 12.6. The van der Waals surface area contributed by atoms with Crippen LogP contribution in [0.15, 0.2) is 52.4 Å². The van der Waals surface area contributed by atoms with Crippen LogP contribution in [-0.2, 0) is 12.8 Å². The Hall–Kier alpha value is -3.00. The molecule has 0 amide bonds. The molecule has 0 saturated carbocycles. The van der Waals surface area contributed by atoms with Crippen molar-refractivity contribution in [1.82, 2.24) is 29.8 Å². The zero-order valence-corrected chi connectivity index (χ0v) is 16.1. The topological polar surface area (TPSA) is 78.5 Å². The quantitative estimate of drug-likeness (QED) is 0.508. The first-order chi connectivity index (χ1) is 13.0. The molecule has 7 nitrogen and oxygen atoms in total. The number of tetrazole rings is 1. The van der Waals surface area contributed by atoms with E-state index in [0.717, 1.165) is 27.8 Å². The van der Waals surface area contributed by atoms with Gasteiger partial charge in [-0.05, 0) is 59.7 Å². The van der Waals surface area contributed by atoms with Crippen LogP contribution in [0.4, 0.5) is 0 Å². The van der Waals surface area contributed by atoms with Gasteiger partial charge in [-0.15, -0.1) is 5.10 Å². The summed E-state index contributed by atoms with van der Waals surface area (Å²) in [5, 5.41) is 12.6. The number of aryl methyl sites for hydroxylation is 3. The Morgan fingerprint density at radius 1 is 1.07 bits per heavy atom. The normalized spacial score (nSPS) is 11.2. The molecule has 0 fully saturated rings. The van der Waals surface area contributed by atoms with Crippen molar-refractivity contribution in [2.24, 2.45) is 7.05 Å². The third kappa shape index (κ3) is 3.35. The summed E-state index contributed by atoms with van der Waals surface area (Å²) in [6, 6.07) is 13.8. The summed E-state index contributed by atoms with van der Waals surface area (Å²) in [5.41, 5.74) is 5.17. The molecule has 0 atom stereocenters. The van der Waals surface area contributed by atoms with E-state index in [0.29, 0.717) is 16.6 Å². The molecule has 0 saturated heterocycles. The number of aromatic nitrogens is 6. The van der Waals surface area contributed by atoms with Crippen LogP contribution in [0, 0.1) is 13.8 Å². The zero-order chi connectivity index (χ0) is 19.0. The summed E-state index contributed by atoms with van der Waals surface area (Å²) in [7, 11) is 1.76. The summed E-state index contributed by atoms with van der Waals surface area (Å²) in [4.78, 5) is 17.1. The molecule has 2 aromatic heterocycles. The Balaban J connectivity index is 1.66. The summed E-state index contributed by atoms with van der Waals surface area (Å²) in [5.74, 6) is 0.392. The monoisotopic (exact) mass is 378 g/mol. The SMILES string of the molecule is Cc1cc(C)cc(-n2nnnc2SCc2nc3ccccc3n(C)c2=O)c1. The van der Waals surface area contributed by atoms with E-state index >= 15 is 0 Å². The van der Waals surface area contributed by atoms with Crippen molar-refractivity contribution in [3.8, 4) is 5.69 Å². The van der Waals surface area contributed by atoms with Gasteiger partial charge in [0, 0.05) is 12.8 Å². The van der Waals surface area contributed by atoms with E-state index in [-0.39, 0.29) is 5.56 Å². The summed E-state index contributed by atoms with van der Waals surface area (Å²) >= 11 is 1.40. The van der Waals surface area contributed by atoms with Gasteiger partial charge in [-0.3, -0.25) is 4.79 Å². The number of nitrogens with zero attached hydrogens (tertiary/aromatic N) is 6. The van der Waals surface area contributed by atoms with Crippen LogP contribution in [0.5, 0.6) is 0 Å². The Labute approximate surface area is 160 Å². The average molecular weight is 378 g/mol. The number of benzene rings is 2. The van der Waals surface area contributed by atoms with Crippen LogP contribution in [0.25, 0.3) is 16.7 Å². The highest BCUT2D eigenvalue weighted by atomic mass is 32.2. The van der Waals surface area contributed by atoms with Gasteiger partial charge in [-0.25, -0.2) is 4.98 Å². The second kappa shape index (κ2) is 6.96. The van der Waals surface area contributed by atoms with E-state index < -0.39 is 0 Å². The highest BCUT2D eigenvalue weighted by molar-refractivity contribution is 7.98. The lowest BCUT2D eigenvalue weighted by atomic mass is 10.1. The van der Waals surface area contributed by atoms with Crippen molar-refractivity contribution in [1.29, 1.82) is 0 Å². The Morgan fingerprint density at radius 2 is 1.81 bits per heavy atom. The molecular formula is C19H18N6OS. The number of rotatable bonds is 4. The number of hydrogen-bond acceptors (Lipinski definition) is 6. The molecule has 0 bridgehead atoms. The molecule has 0 aliphatic heterocycles. The third-order valence-corrected chi connectivity index (χ3v) is 5.21. The van der Waals surface area contributed by atoms with Crippen molar-refractivity contribution < 1.29 is 0 Å². The first-order valence-electron chi connectivity index (χ1n) is 8.47. The number of hydrogen-bond donors (Lipinski definition) is 0. The minimum absolute atomic E-state index is 0.105. The largest absolute Gasteiger partial charge is 0.308 e. The smallest absolute Gasteiger partial charge is 0.273 e. The molecule has 0 radical (unpaired) electrons. The number of thioether (sulfide) groups is 1. The molecule has 136 valence electrons. The zero-order valence-electron chi connectivity index (χ0n) is 15.2. The van der Waals surface area contributed by atoms with E-state index in [1.165, 1.54) is 11.8 Å². The Bertz CT molecular complexity index is 1180. The second-order valence-corrected chi connectivity index (χ2v) is 7.36. The predicted molar refractivity (Wildman–Crippen MR) is 105 cm³/mol. The van der Waals surface area contributed by atoms with Crippen molar-refractivity contribution in [3.63, 3.8) is 0 Å². The molecular weight excluding hydrogens is 360 g/mol. The number of para-hydroxylation sites is 2. The molecule has 0 unspecified atom stereocenters. The van der Waals surface area contributed by atoms with Gasteiger partial charge in [0.1, 0.15) is 5.69 Å². The molecule has 0 spiro atoms. The van der Waals surface area contributed by atoms with Crippen molar-refractivity contribution >= 4 is 22.8 Å². The highest BCUT2D eigenvalue weighted by Gasteiger charge is 2.13. The van der Waals surface area contributed by atoms with Gasteiger partial charge in [0.2, 0.25) is 5.16 Å². The lowest BCUT2D eigenvalue weighted by molar-refractivity contribution is 0.754. The predicted octanol–water partition coefficient (Wildman–Crippen LogP) is 2.82. The van der Waals surface area contributed by atoms with Gasteiger partial charge in [0.15, 0.2) is 0 Å². The summed E-state index contributed by atoms with van der Waals surface area (Å²) < 4.78 is 3.32. The number of fused-ring (bicyclic) bond motifs is 1. The fourth-order valence-corrected chi connectivity index (χ4v) is 3.88. The fraction of sp³-hybridized carbons (Fsp3) is 0.211. The molecule has 27 heavy (non-hydrogen) atoms. The first-order valence-corrected chi connectivity index (χ1v) is 9.46. The van der Waals surface area contributed by atoms with E-state index in [2.05, 4.69) is 26.6 Å². The van der Waals surface area contributed by atoms with Crippen LogP contribution in [0.2, 0.25) is 0 Å². The molecule has 2 heterocycles. The van der Waals surface area contributed by atoms with Gasteiger partial charge in [0.25, 0.3) is 5.56 Å². The molecule has 0 N–H and O–H groups in total. The molecule has 2 aromatic carbocycles. The minimum atomic E-state index is -0.105. The molecule has 4 aromatic rings. The van der Waals surface area contributed by atoms with Crippen molar-refractivity contribution in [2.45, 2.75) is 24.8 Å². The molecule has 4 rings (SSSR count). The van der Waals surface area contributed by atoms with Crippen LogP contribution in [-0.4, -0.2) is 29.8 Å². The highest BCUT2D eigenvalue weighted by Crippen LogP contribution is 2.22. The Morgan fingerprint density at radius 3 is 2.59 bits per heavy atom. The second-order valence-electron chi connectivity index (χ2n) is 6.42. The summed E-state index contributed by atoms with van der Waals surface area (Å²) in [6.07, 6.45) is 0. The van der Waals surface area contributed by atoms with Crippen molar-refractivity contribution in [2.75, 3.05) is 0 Å². The van der Waals surface area contributed by atoms with E-state index in [1.54, 1.807) is 16.3 Å². The lowest BCUT2D eigenvalue weighted by Crippen LogP contribution is -2.22. The van der Waals surface area contributed by atoms with Gasteiger partial charge < -0.3 is 4.57 Å².